The molecular formula is C48H59BrF2N11O4P. The van der Waals surface area contributed by atoms with Gasteiger partial charge in [0.25, 0.3) is 0 Å². The predicted octanol–water partition coefficient (Wildman–Crippen LogP) is 7.52. The van der Waals surface area contributed by atoms with Crippen LogP contribution in [-0.2, 0) is 27.0 Å². The quantitative estimate of drug-likeness (QED) is 0.0331. The summed E-state index contributed by atoms with van der Waals surface area (Å²) in [6.07, 6.45) is 7.12. The average Bonchev–Trinajstić information content (AvgIpc) is 3.28. The van der Waals surface area contributed by atoms with Crippen LogP contribution in [0.2, 0.25) is 0 Å². The first-order valence-corrected chi connectivity index (χ1v) is 26.6. The number of aryl methyl sites for hydroxylation is 2. The van der Waals surface area contributed by atoms with E-state index in [-0.39, 0.29) is 18.4 Å². The van der Waals surface area contributed by atoms with Crippen molar-refractivity contribution in [2.75, 3.05) is 86.2 Å². The first kappa shape index (κ1) is 48.2. The molecule has 5 N–H and O–H groups in total. The average molecular weight is 1000 g/mol. The Hall–Kier alpha value is -5.29. The second-order valence-electron chi connectivity index (χ2n) is 17.8. The predicted molar refractivity (Wildman–Crippen MR) is 265 cm³/mol. The van der Waals surface area contributed by atoms with Gasteiger partial charge in [-0.15, -0.1) is 0 Å². The van der Waals surface area contributed by atoms with Crippen molar-refractivity contribution in [1.82, 2.24) is 35.9 Å². The maximum Gasteiger partial charge on any atom is 0.234 e. The molecule has 2 aromatic heterocycles. The Kier molecular flexibility index (Phi) is 15.0. The molecule has 0 unspecified atom stereocenters. The lowest BCUT2D eigenvalue weighted by molar-refractivity contribution is -0.134. The Morgan fingerprint density at radius 1 is 0.896 bits per heavy atom. The minimum Gasteiger partial charge on any atom is -0.492 e. The van der Waals surface area contributed by atoms with E-state index in [1.807, 2.05) is 30.9 Å². The highest BCUT2D eigenvalue weighted by Gasteiger charge is 2.34. The number of halogens is 3. The van der Waals surface area contributed by atoms with Crippen LogP contribution >= 0.6 is 23.1 Å². The van der Waals surface area contributed by atoms with E-state index >= 15 is 8.78 Å². The van der Waals surface area contributed by atoms with Gasteiger partial charge in [0.05, 0.1) is 33.9 Å². The topological polar surface area (TPSA) is 179 Å². The van der Waals surface area contributed by atoms with Crippen LogP contribution in [0, 0.1) is 17.6 Å². The number of benzene rings is 3. The van der Waals surface area contributed by atoms with Crippen molar-refractivity contribution >= 4 is 85.6 Å². The van der Waals surface area contributed by atoms with Crippen LogP contribution in [0.1, 0.15) is 69.3 Å². The molecule has 19 heteroatoms. The lowest BCUT2D eigenvalue weighted by atomic mass is 9.89. The van der Waals surface area contributed by atoms with Gasteiger partial charge in [0.1, 0.15) is 36.2 Å². The van der Waals surface area contributed by atoms with E-state index < -0.39 is 36.5 Å². The van der Waals surface area contributed by atoms with Crippen LogP contribution in [0.25, 0.3) is 10.9 Å². The van der Waals surface area contributed by atoms with Crippen molar-refractivity contribution in [2.24, 2.45) is 5.92 Å². The van der Waals surface area contributed by atoms with E-state index in [2.05, 4.69) is 81.4 Å². The van der Waals surface area contributed by atoms with Crippen LogP contribution in [0.3, 0.4) is 0 Å². The summed E-state index contributed by atoms with van der Waals surface area (Å²) in [5.74, 6) is -0.915. The van der Waals surface area contributed by atoms with Crippen molar-refractivity contribution in [1.29, 1.82) is 0 Å². The number of fused-ring (bicyclic) bond motifs is 1. The van der Waals surface area contributed by atoms with Crippen LogP contribution in [-0.4, -0.2) is 104 Å². The summed E-state index contributed by atoms with van der Waals surface area (Å²) >= 11 is 3.61. The Bertz CT molecular complexity index is 2670. The number of aromatic nitrogens is 4. The van der Waals surface area contributed by atoms with Crippen LogP contribution in [0.5, 0.6) is 5.75 Å². The van der Waals surface area contributed by atoms with E-state index in [0.29, 0.717) is 76.7 Å². The second-order valence-corrected chi connectivity index (χ2v) is 21.8. The molecule has 3 saturated heterocycles. The number of carbonyl (C=O) groups excluding carboxylic acids is 2. The molecule has 3 aliphatic heterocycles. The van der Waals surface area contributed by atoms with Crippen molar-refractivity contribution < 1.29 is 27.7 Å². The summed E-state index contributed by atoms with van der Waals surface area (Å²) in [6.45, 7) is 15.7. The molecule has 3 aromatic carbocycles. The van der Waals surface area contributed by atoms with Crippen molar-refractivity contribution in [3.63, 3.8) is 0 Å². The van der Waals surface area contributed by atoms with Crippen LogP contribution in [0.15, 0.2) is 53.3 Å². The zero-order valence-corrected chi connectivity index (χ0v) is 41.1. The zero-order valence-electron chi connectivity index (χ0n) is 38.6. The summed E-state index contributed by atoms with van der Waals surface area (Å²) < 4.78 is 50.7. The van der Waals surface area contributed by atoms with Crippen LogP contribution < -0.4 is 46.4 Å². The van der Waals surface area contributed by atoms with E-state index in [1.54, 1.807) is 25.7 Å². The number of nitrogens with zero attached hydrogens (tertiary/aromatic N) is 6. The molecule has 356 valence electrons. The van der Waals surface area contributed by atoms with E-state index in [9.17, 15) is 14.2 Å². The highest BCUT2D eigenvalue weighted by molar-refractivity contribution is 9.10. The Balaban J connectivity index is 0.827. The van der Waals surface area contributed by atoms with Gasteiger partial charge in [-0.05, 0) is 97.8 Å². The largest absolute Gasteiger partial charge is 0.492 e. The van der Waals surface area contributed by atoms with Gasteiger partial charge in [-0.2, -0.15) is 4.98 Å². The molecule has 8 rings (SSSR count). The molecule has 5 aromatic rings. The maximum atomic E-state index is 15.1. The van der Waals surface area contributed by atoms with Gasteiger partial charge in [-0.25, -0.2) is 23.7 Å². The third kappa shape index (κ3) is 11.0. The fraction of sp³-hybridized carbons (Fsp3) is 0.458. The highest BCUT2D eigenvalue weighted by atomic mass is 79.9. The minimum atomic E-state index is -2.79. The minimum absolute atomic E-state index is 0.0592. The number of rotatable bonds is 18. The van der Waals surface area contributed by atoms with Crippen molar-refractivity contribution in [2.45, 2.75) is 71.3 Å². The molecule has 3 fully saturated rings. The zero-order chi connectivity index (χ0) is 47.4. The van der Waals surface area contributed by atoms with Crippen molar-refractivity contribution in [3.05, 3.63) is 81.9 Å². The molecular weight excluding hydrogens is 943 g/mol. The van der Waals surface area contributed by atoms with Crippen molar-refractivity contribution in [3.8, 4) is 5.75 Å². The Labute approximate surface area is 398 Å². The normalized spacial score (nSPS) is 17.2. The van der Waals surface area contributed by atoms with E-state index in [0.717, 1.165) is 80.1 Å². The SMILES string of the molecule is CCOc1cc(N2CCC(NCCNCC3CN(c4cc(F)c([C@H]5CCC(=O)NC5=O)c(F)c4)C3)CC2)c(CC)cc1Nc1ncc(Br)c(Nc2ccc3nc(CC)ncc3c2P(C)(C)=O)n1. The third-order valence-corrected chi connectivity index (χ3v) is 14.9. The molecule has 0 bridgehead atoms. The van der Waals surface area contributed by atoms with E-state index in [1.165, 1.54) is 17.7 Å². The lowest BCUT2D eigenvalue weighted by Crippen LogP contribution is -2.51. The Morgan fingerprint density at radius 3 is 2.34 bits per heavy atom. The molecule has 0 spiro atoms. The first-order valence-electron chi connectivity index (χ1n) is 23.2. The van der Waals surface area contributed by atoms with E-state index in [4.69, 9.17) is 9.72 Å². The van der Waals surface area contributed by atoms with Crippen LogP contribution in [0.4, 0.5) is 43.3 Å². The fourth-order valence-electron chi connectivity index (χ4n) is 9.27. The number of hydrogen-bond donors (Lipinski definition) is 5. The number of anilines is 6. The molecule has 2 amide bonds. The summed E-state index contributed by atoms with van der Waals surface area (Å²) in [7, 11) is -2.79. The number of hydrogen-bond acceptors (Lipinski definition) is 14. The van der Waals surface area contributed by atoms with Gasteiger partial charge < -0.3 is 40.4 Å². The molecule has 1 atom stereocenters. The lowest BCUT2D eigenvalue weighted by Gasteiger charge is -2.41. The standard InChI is InChI=1S/C48H59BrF2N11O4P/c1-6-29-19-39(58-48-55-25-34(49)46(60-48)57-38-11-10-37-33(45(38)67(4,5)65)24-54-42(7-2)56-37)41(66-8-3)22-40(29)61-17-13-30(14-18-61)53-16-15-52-23-28-26-62(27-28)31-20-35(50)44(36(51)21-31)32-9-12-43(63)59-47(32)64/h10-11,19-22,24-25,28,30,32,52-53H,6-9,12-18,23,26-27H2,1-5H3,(H,59,63,64)(H2,55,57,58,60)/t32-/m1/s1. The number of piperidine rings is 2. The second kappa shape index (κ2) is 20.9. The molecule has 67 heavy (non-hydrogen) atoms. The summed E-state index contributed by atoms with van der Waals surface area (Å²) in [5.41, 5.74) is 4.71. The molecule has 0 saturated carbocycles. The number of amides is 2. The van der Waals surface area contributed by atoms with Gasteiger partial charge in [-0.3, -0.25) is 14.9 Å². The summed E-state index contributed by atoms with van der Waals surface area (Å²) in [5, 5.41) is 17.7. The van der Waals surface area contributed by atoms with Gasteiger partial charge in [0.2, 0.25) is 17.8 Å². The Morgan fingerprint density at radius 2 is 1.66 bits per heavy atom. The van der Waals surface area contributed by atoms with Gasteiger partial charge >= 0.3 is 0 Å². The first-order chi connectivity index (χ1) is 32.2. The number of ether oxygens (including phenoxy) is 1. The third-order valence-electron chi connectivity index (χ3n) is 12.7. The van der Waals surface area contributed by atoms with Gasteiger partial charge in [-0.1, -0.05) is 13.8 Å². The smallest absolute Gasteiger partial charge is 0.234 e. The molecule has 0 aliphatic carbocycles. The summed E-state index contributed by atoms with van der Waals surface area (Å²) in [6, 6.07) is 11.0. The number of nitrogens with one attached hydrogen (secondary N) is 5. The molecule has 0 radical (unpaired) electrons. The maximum absolute atomic E-state index is 15.1. The molecule has 5 heterocycles. The summed E-state index contributed by atoms with van der Waals surface area (Å²) in [4.78, 5) is 46.7. The number of carbonyl (C=O) groups is 2. The fourth-order valence-corrected chi connectivity index (χ4v) is 11.0. The van der Waals surface area contributed by atoms with Gasteiger partial charge in [0, 0.05) is 117 Å². The highest BCUT2D eigenvalue weighted by Crippen LogP contribution is 2.42. The molecule has 15 nitrogen and oxygen atoms in total. The monoisotopic (exact) mass is 1000 g/mol. The van der Waals surface area contributed by atoms with Gasteiger partial charge in [0.15, 0.2) is 0 Å². The number of imide groups is 1. The molecule has 3 aliphatic rings.